The summed E-state index contributed by atoms with van der Waals surface area (Å²) in [6.07, 6.45) is 4.86. The Morgan fingerprint density at radius 2 is 1.89 bits per heavy atom. The van der Waals surface area contributed by atoms with Crippen molar-refractivity contribution >= 4 is 5.78 Å². The van der Waals surface area contributed by atoms with E-state index in [1.165, 1.54) is 19.3 Å². The molecule has 1 unspecified atom stereocenters. The first-order valence-electron chi connectivity index (χ1n) is 7.10. The molecule has 0 saturated heterocycles. The molecule has 1 atom stereocenters. The van der Waals surface area contributed by atoms with Gasteiger partial charge in [0, 0.05) is 5.56 Å². The van der Waals surface area contributed by atoms with Crippen LogP contribution in [0.5, 0.6) is 5.75 Å². The molecule has 0 bridgehead atoms. The number of ether oxygens (including phenoxy) is 1. The Balaban J connectivity index is 2.38. The predicted molar refractivity (Wildman–Crippen MR) is 78.9 cm³/mol. The van der Waals surface area contributed by atoms with Crippen molar-refractivity contribution in [1.82, 2.24) is 5.32 Å². The maximum atomic E-state index is 12.2. The molecule has 0 aliphatic rings. The van der Waals surface area contributed by atoms with Crippen LogP contribution in [0.2, 0.25) is 0 Å². The molecule has 0 radical (unpaired) electrons. The third-order valence-electron chi connectivity index (χ3n) is 3.25. The van der Waals surface area contributed by atoms with Gasteiger partial charge in [-0.1, -0.05) is 26.2 Å². The second kappa shape index (κ2) is 8.70. The van der Waals surface area contributed by atoms with Crippen molar-refractivity contribution in [2.75, 3.05) is 13.7 Å². The second-order valence-corrected chi connectivity index (χ2v) is 4.83. The van der Waals surface area contributed by atoms with Gasteiger partial charge >= 0.3 is 0 Å². The quantitative estimate of drug-likeness (QED) is 0.548. The van der Waals surface area contributed by atoms with Gasteiger partial charge in [-0.25, -0.2) is 0 Å². The fraction of sp³-hybridized carbons (Fsp3) is 0.562. The fourth-order valence-electron chi connectivity index (χ4n) is 1.97. The maximum Gasteiger partial charge on any atom is 0.179 e. The van der Waals surface area contributed by atoms with E-state index in [1.807, 2.05) is 31.2 Å². The predicted octanol–water partition coefficient (Wildman–Crippen LogP) is 3.44. The molecule has 106 valence electrons. The molecule has 0 saturated carbocycles. The van der Waals surface area contributed by atoms with Gasteiger partial charge < -0.3 is 10.1 Å². The number of rotatable bonds is 9. The summed E-state index contributed by atoms with van der Waals surface area (Å²) in [7, 11) is 1.62. The molecule has 0 aliphatic carbocycles. The molecule has 0 fully saturated rings. The van der Waals surface area contributed by atoms with Gasteiger partial charge in [-0.15, -0.1) is 0 Å². The summed E-state index contributed by atoms with van der Waals surface area (Å²) in [4.78, 5) is 12.2. The van der Waals surface area contributed by atoms with Crippen LogP contribution in [-0.4, -0.2) is 25.5 Å². The van der Waals surface area contributed by atoms with E-state index in [4.69, 9.17) is 4.74 Å². The normalized spacial score (nSPS) is 12.2. The minimum absolute atomic E-state index is 0.130. The van der Waals surface area contributed by atoms with Gasteiger partial charge in [-0.2, -0.15) is 0 Å². The van der Waals surface area contributed by atoms with E-state index >= 15 is 0 Å². The Hall–Kier alpha value is -1.35. The number of benzene rings is 1. The summed E-state index contributed by atoms with van der Waals surface area (Å²) in [5, 5.41) is 3.29. The Kier molecular flexibility index (Phi) is 7.19. The van der Waals surface area contributed by atoms with E-state index in [1.54, 1.807) is 7.11 Å². The van der Waals surface area contributed by atoms with Crippen LogP contribution in [0.1, 0.15) is 49.9 Å². The van der Waals surface area contributed by atoms with Crippen LogP contribution < -0.4 is 10.1 Å². The molecule has 1 rings (SSSR count). The van der Waals surface area contributed by atoms with Crippen molar-refractivity contribution < 1.29 is 9.53 Å². The topological polar surface area (TPSA) is 38.3 Å². The van der Waals surface area contributed by atoms with Crippen LogP contribution in [0.15, 0.2) is 24.3 Å². The maximum absolute atomic E-state index is 12.2. The molecule has 1 N–H and O–H groups in total. The summed E-state index contributed by atoms with van der Waals surface area (Å²) in [5.41, 5.74) is 0.731. The molecular weight excluding hydrogens is 238 g/mol. The van der Waals surface area contributed by atoms with Gasteiger partial charge in [-0.05, 0) is 44.2 Å². The number of unbranched alkanes of at least 4 members (excludes halogenated alkanes) is 3. The summed E-state index contributed by atoms with van der Waals surface area (Å²) in [6, 6.07) is 7.14. The van der Waals surface area contributed by atoms with Crippen LogP contribution in [0.25, 0.3) is 0 Å². The number of hydrogen-bond acceptors (Lipinski definition) is 3. The van der Waals surface area contributed by atoms with Crippen molar-refractivity contribution in [3.63, 3.8) is 0 Å². The van der Waals surface area contributed by atoms with Gasteiger partial charge in [0.25, 0.3) is 0 Å². The molecule has 0 aromatic heterocycles. The number of carbonyl (C=O) groups is 1. The van der Waals surface area contributed by atoms with E-state index in [0.29, 0.717) is 0 Å². The van der Waals surface area contributed by atoms with Crippen LogP contribution >= 0.6 is 0 Å². The summed E-state index contributed by atoms with van der Waals surface area (Å²) in [5.74, 6) is 0.912. The first kappa shape index (κ1) is 15.7. The molecule has 1 aromatic carbocycles. The van der Waals surface area contributed by atoms with E-state index in [-0.39, 0.29) is 11.8 Å². The summed E-state index contributed by atoms with van der Waals surface area (Å²) in [6.45, 7) is 5.03. The molecular formula is C16H25NO2. The average molecular weight is 263 g/mol. The molecule has 0 aliphatic heterocycles. The van der Waals surface area contributed by atoms with E-state index in [2.05, 4.69) is 12.2 Å². The lowest BCUT2D eigenvalue weighted by atomic mass is 10.1. The van der Waals surface area contributed by atoms with Gasteiger partial charge in [0.05, 0.1) is 13.2 Å². The fourth-order valence-corrected chi connectivity index (χ4v) is 1.97. The molecule has 1 aromatic rings. The van der Waals surface area contributed by atoms with E-state index < -0.39 is 0 Å². The number of hydrogen-bond donors (Lipinski definition) is 1. The average Bonchev–Trinajstić information content (AvgIpc) is 2.46. The van der Waals surface area contributed by atoms with Crippen molar-refractivity contribution in [3.05, 3.63) is 29.8 Å². The number of carbonyl (C=O) groups excluding carboxylic acids is 1. The minimum atomic E-state index is -0.130. The Morgan fingerprint density at radius 1 is 1.21 bits per heavy atom. The minimum Gasteiger partial charge on any atom is -0.497 e. The third kappa shape index (κ3) is 5.43. The van der Waals surface area contributed by atoms with Crippen molar-refractivity contribution in [2.24, 2.45) is 0 Å². The van der Waals surface area contributed by atoms with Crippen LogP contribution in [0.4, 0.5) is 0 Å². The zero-order valence-electron chi connectivity index (χ0n) is 12.2. The van der Waals surface area contributed by atoms with Crippen molar-refractivity contribution in [1.29, 1.82) is 0 Å². The number of ketones is 1. The lowest BCUT2D eigenvalue weighted by Crippen LogP contribution is -2.34. The van der Waals surface area contributed by atoms with E-state index in [0.717, 1.165) is 24.3 Å². The molecule has 0 heterocycles. The molecule has 3 nitrogen and oxygen atoms in total. The van der Waals surface area contributed by atoms with Gasteiger partial charge in [0.15, 0.2) is 5.78 Å². The highest BCUT2D eigenvalue weighted by Crippen LogP contribution is 2.12. The number of methoxy groups -OCH3 is 1. The van der Waals surface area contributed by atoms with Crippen LogP contribution in [-0.2, 0) is 0 Å². The van der Waals surface area contributed by atoms with Gasteiger partial charge in [0.2, 0.25) is 0 Å². The highest BCUT2D eigenvalue weighted by Gasteiger charge is 2.14. The highest BCUT2D eigenvalue weighted by atomic mass is 16.5. The standard InChI is InChI=1S/C16H25NO2/c1-4-5-6-7-12-17-13(2)16(18)14-8-10-15(19-3)11-9-14/h8-11,13,17H,4-7,12H2,1-3H3. The molecule has 19 heavy (non-hydrogen) atoms. The summed E-state index contributed by atoms with van der Waals surface area (Å²) >= 11 is 0. The Labute approximate surface area is 116 Å². The van der Waals surface area contributed by atoms with Gasteiger partial charge in [0.1, 0.15) is 5.75 Å². The van der Waals surface area contributed by atoms with Crippen molar-refractivity contribution in [3.8, 4) is 5.75 Å². The highest BCUT2D eigenvalue weighted by molar-refractivity contribution is 5.99. The molecule has 3 heteroatoms. The lowest BCUT2D eigenvalue weighted by Gasteiger charge is -2.13. The van der Waals surface area contributed by atoms with E-state index in [9.17, 15) is 4.79 Å². The summed E-state index contributed by atoms with van der Waals surface area (Å²) < 4.78 is 5.08. The Bertz CT molecular complexity index is 373. The zero-order chi connectivity index (χ0) is 14.1. The largest absolute Gasteiger partial charge is 0.497 e. The van der Waals surface area contributed by atoms with Crippen LogP contribution in [0.3, 0.4) is 0 Å². The molecule has 0 spiro atoms. The number of nitrogens with one attached hydrogen (secondary N) is 1. The number of Topliss-reactive ketones (excluding diaryl/α,β-unsaturated/α-hetero) is 1. The zero-order valence-corrected chi connectivity index (χ0v) is 12.2. The van der Waals surface area contributed by atoms with Crippen LogP contribution in [0, 0.1) is 0 Å². The van der Waals surface area contributed by atoms with Crippen molar-refractivity contribution in [2.45, 2.75) is 45.6 Å². The first-order chi connectivity index (χ1) is 9.19. The Morgan fingerprint density at radius 3 is 2.47 bits per heavy atom. The molecule has 0 amide bonds. The smallest absolute Gasteiger partial charge is 0.179 e. The SMILES string of the molecule is CCCCCCNC(C)C(=O)c1ccc(OC)cc1. The third-order valence-corrected chi connectivity index (χ3v) is 3.25. The lowest BCUT2D eigenvalue weighted by molar-refractivity contribution is 0.0951. The monoisotopic (exact) mass is 263 g/mol. The second-order valence-electron chi connectivity index (χ2n) is 4.83. The van der Waals surface area contributed by atoms with Gasteiger partial charge in [-0.3, -0.25) is 4.79 Å². The first-order valence-corrected chi connectivity index (χ1v) is 7.10.